The van der Waals surface area contributed by atoms with Crippen LogP contribution >= 0.6 is 0 Å². The first-order valence-corrected chi connectivity index (χ1v) is 13.7. The third-order valence-electron chi connectivity index (χ3n) is 7.76. The van der Waals surface area contributed by atoms with Gasteiger partial charge in [0, 0.05) is 36.3 Å². The number of aromatic nitrogens is 3. The lowest BCUT2D eigenvalue weighted by Gasteiger charge is -2.30. The van der Waals surface area contributed by atoms with Crippen LogP contribution in [-0.2, 0) is 29.0 Å². The molecule has 2 aliphatic heterocycles. The molecule has 9 nitrogen and oxygen atoms in total. The maximum absolute atomic E-state index is 14.2. The summed E-state index contributed by atoms with van der Waals surface area (Å²) in [5, 5.41) is 18.4. The lowest BCUT2D eigenvalue weighted by atomic mass is 9.93. The van der Waals surface area contributed by atoms with Gasteiger partial charge in [-0.15, -0.1) is 0 Å². The lowest BCUT2D eigenvalue weighted by molar-refractivity contribution is -0.0594. The SMILES string of the molecule is N#Cc1ccc(COc2cccc([C@@H]3CC[C@H](Cc4nc5ccc(C(=O)O)cc5n4C[C@@H]4CCO4)OC3)n2)c(F)c1. The predicted molar refractivity (Wildman–Crippen MR) is 146 cm³/mol. The van der Waals surface area contributed by atoms with Crippen LogP contribution in [0.4, 0.5) is 4.39 Å². The summed E-state index contributed by atoms with van der Waals surface area (Å²) in [4.78, 5) is 21.0. The number of pyridine rings is 1. The molecule has 210 valence electrons. The molecule has 2 aliphatic rings. The number of halogens is 1. The molecule has 0 saturated carbocycles. The molecular formula is C31H29FN4O5. The zero-order valence-electron chi connectivity index (χ0n) is 22.3. The predicted octanol–water partition coefficient (Wildman–Crippen LogP) is 5.01. The van der Waals surface area contributed by atoms with Crippen molar-refractivity contribution in [3.63, 3.8) is 0 Å². The van der Waals surface area contributed by atoms with Crippen molar-refractivity contribution in [2.24, 2.45) is 0 Å². The molecule has 41 heavy (non-hydrogen) atoms. The first-order chi connectivity index (χ1) is 20.0. The van der Waals surface area contributed by atoms with Gasteiger partial charge in [0.2, 0.25) is 5.88 Å². The third kappa shape index (κ3) is 5.92. The van der Waals surface area contributed by atoms with E-state index in [2.05, 4.69) is 9.55 Å². The number of nitrogens with zero attached hydrogens (tertiary/aromatic N) is 4. The third-order valence-corrected chi connectivity index (χ3v) is 7.76. The van der Waals surface area contributed by atoms with Gasteiger partial charge >= 0.3 is 5.97 Å². The number of imidazole rings is 1. The van der Waals surface area contributed by atoms with Gasteiger partial charge in [0.1, 0.15) is 18.2 Å². The number of carboxylic acid groups (broad SMARTS) is 1. The smallest absolute Gasteiger partial charge is 0.335 e. The molecular weight excluding hydrogens is 527 g/mol. The van der Waals surface area contributed by atoms with Crippen LogP contribution in [0.3, 0.4) is 0 Å². The molecule has 1 N–H and O–H groups in total. The van der Waals surface area contributed by atoms with E-state index < -0.39 is 11.8 Å². The summed E-state index contributed by atoms with van der Waals surface area (Å²) in [6.07, 6.45) is 3.35. The number of aromatic carboxylic acids is 1. The van der Waals surface area contributed by atoms with E-state index in [0.717, 1.165) is 48.4 Å². The van der Waals surface area contributed by atoms with Crippen molar-refractivity contribution in [2.45, 2.75) is 57.0 Å². The van der Waals surface area contributed by atoms with Gasteiger partial charge in [-0.05, 0) is 55.7 Å². The fourth-order valence-electron chi connectivity index (χ4n) is 5.33. The van der Waals surface area contributed by atoms with Crippen molar-refractivity contribution in [1.82, 2.24) is 14.5 Å². The number of ether oxygens (including phenoxy) is 3. The highest BCUT2D eigenvalue weighted by atomic mass is 19.1. The quantitative estimate of drug-likeness (QED) is 0.305. The number of fused-ring (bicyclic) bond motifs is 1. The van der Waals surface area contributed by atoms with E-state index in [0.29, 0.717) is 31.0 Å². The summed E-state index contributed by atoms with van der Waals surface area (Å²) >= 11 is 0. The molecule has 2 fully saturated rings. The first kappa shape index (κ1) is 26.9. The Balaban J connectivity index is 1.10. The number of benzene rings is 2. The maximum Gasteiger partial charge on any atom is 0.335 e. The highest BCUT2D eigenvalue weighted by Crippen LogP contribution is 2.31. The Morgan fingerprint density at radius 2 is 1.98 bits per heavy atom. The van der Waals surface area contributed by atoms with E-state index in [9.17, 15) is 14.3 Å². The highest BCUT2D eigenvalue weighted by Gasteiger charge is 2.28. The van der Waals surface area contributed by atoms with Gasteiger partial charge < -0.3 is 23.9 Å². The van der Waals surface area contributed by atoms with Crippen molar-refractivity contribution >= 4 is 17.0 Å². The Labute approximate surface area is 236 Å². The van der Waals surface area contributed by atoms with E-state index in [1.54, 1.807) is 36.4 Å². The maximum atomic E-state index is 14.2. The van der Waals surface area contributed by atoms with Crippen LogP contribution in [0.5, 0.6) is 5.88 Å². The van der Waals surface area contributed by atoms with Crippen LogP contribution in [0.25, 0.3) is 11.0 Å². The van der Waals surface area contributed by atoms with Gasteiger partial charge in [0.05, 0.1) is 53.6 Å². The summed E-state index contributed by atoms with van der Waals surface area (Å²) in [6.45, 7) is 1.89. The van der Waals surface area contributed by atoms with Crippen molar-refractivity contribution in [3.05, 3.63) is 88.6 Å². The molecule has 4 aromatic rings. The Kier molecular flexibility index (Phi) is 7.63. The molecule has 4 heterocycles. The summed E-state index contributed by atoms with van der Waals surface area (Å²) in [5.74, 6) is -0.0805. The minimum atomic E-state index is -0.966. The van der Waals surface area contributed by atoms with Crippen LogP contribution in [0.2, 0.25) is 0 Å². The van der Waals surface area contributed by atoms with E-state index in [4.69, 9.17) is 24.5 Å². The molecule has 2 aromatic carbocycles. The fourth-order valence-corrected chi connectivity index (χ4v) is 5.33. The number of carboxylic acids is 1. The highest BCUT2D eigenvalue weighted by molar-refractivity contribution is 5.92. The van der Waals surface area contributed by atoms with E-state index in [-0.39, 0.29) is 35.9 Å². The largest absolute Gasteiger partial charge is 0.478 e. The minimum absolute atomic E-state index is 0.0120. The molecule has 0 radical (unpaired) electrons. The lowest BCUT2D eigenvalue weighted by Crippen LogP contribution is -2.33. The zero-order chi connectivity index (χ0) is 28.3. The molecule has 3 atom stereocenters. The van der Waals surface area contributed by atoms with Gasteiger partial charge in [-0.25, -0.2) is 19.2 Å². The number of rotatable bonds is 9. The van der Waals surface area contributed by atoms with Crippen LogP contribution in [-0.4, -0.2) is 51.0 Å². The van der Waals surface area contributed by atoms with Crippen LogP contribution in [0.15, 0.2) is 54.6 Å². The zero-order valence-corrected chi connectivity index (χ0v) is 22.3. The molecule has 0 amide bonds. The van der Waals surface area contributed by atoms with E-state index in [1.165, 1.54) is 6.07 Å². The van der Waals surface area contributed by atoms with Crippen molar-refractivity contribution < 1.29 is 28.5 Å². The van der Waals surface area contributed by atoms with Crippen LogP contribution in [0.1, 0.15) is 58.2 Å². The van der Waals surface area contributed by atoms with E-state index in [1.807, 2.05) is 18.2 Å². The molecule has 6 rings (SSSR count). The second-order valence-electron chi connectivity index (χ2n) is 10.5. The molecule has 10 heteroatoms. The Hall–Kier alpha value is -4.33. The van der Waals surface area contributed by atoms with Crippen LogP contribution < -0.4 is 4.74 Å². The van der Waals surface area contributed by atoms with Crippen molar-refractivity contribution in [1.29, 1.82) is 5.26 Å². The number of carbonyl (C=O) groups is 1. The Bertz CT molecular complexity index is 1620. The summed E-state index contributed by atoms with van der Waals surface area (Å²) < 4.78 is 34.0. The molecule has 2 saturated heterocycles. The molecule has 0 unspecified atom stereocenters. The van der Waals surface area contributed by atoms with Gasteiger partial charge in [-0.2, -0.15) is 5.26 Å². The molecule has 0 spiro atoms. The Morgan fingerprint density at radius 1 is 1.10 bits per heavy atom. The number of hydrogen-bond donors (Lipinski definition) is 1. The van der Waals surface area contributed by atoms with Crippen LogP contribution in [0, 0.1) is 17.1 Å². The second-order valence-corrected chi connectivity index (χ2v) is 10.5. The minimum Gasteiger partial charge on any atom is -0.478 e. The van der Waals surface area contributed by atoms with Gasteiger partial charge in [-0.3, -0.25) is 0 Å². The van der Waals surface area contributed by atoms with Crippen molar-refractivity contribution in [3.8, 4) is 11.9 Å². The number of hydrogen-bond acceptors (Lipinski definition) is 7. The average molecular weight is 557 g/mol. The summed E-state index contributed by atoms with van der Waals surface area (Å²) in [5.41, 5.74) is 3.27. The fraction of sp³-hybridized carbons (Fsp3) is 0.355. The topological polar surface area (TPSA) is 119 Å². The average Bonchev–Trinajstić information content (AvgIpc) is 3.30. The molecule has 0 aliphatic carbocycles. The monoisotopic (exact) mass is 556 g/mol. The summed E-state index contributed by atoms with van der Waals surface area (Å²) in [6, 6.07) is 16.8. The summed E-state index contributed by atoms with van der Waals surface area (Å²) in [7, 11) is 0. The molecule has 2 aromatic heterocycles. The standard InChI is InChI=1S/C31H29FN4O5/c32-25-12-19(15-33)4-5-21(25)17-41-30-3-1-2-26(35-30)22-6-8-23(40-18-22)14-29-34-27-9-7-20(31(37)38)13-28(27)36(29)16-24-10-11-39-24/h1-5,7,9,12-13,22-24H,6,8,10-11,14,16-18H2,(H,37,38)/t22-,23-,24+/m1/s1. The second kappa shape index (κ2) is 11.6. The van der Waals surface area contributed by atoms with Gasteiger partial charge in [0.25, 0.3) is 0 Å². The van der Waals surface area contributed by atoms with E-state index >= 15 is 0 Å². The van der Waals surface area contributed by atoms with Gasteiger partial charge in [0.15, 0.2) is 0 Å². The Morgan fingerprint density at radius 3 is 2.68 bits per heavy atom. The van der Waals surface area contributed by atoms with Crippen molar-refractivity contribution in [2.75, 3.05) is 13.2 Å². The number of nitriles is 1. The normalized spacial score (nSPS) is 20.3. The van der Waals surface area contributed by atoms with Gasteiger partial charge in [-0.1, -0.05) is 12.1 Å². The molecule has 0 bridgehead atoms. The first-order valence-electron chi connectivity index (χ1n) is 13.7.